The molecular formula is C28H31FN4O4. The minimum atomic E-state index is -0.584. The van der Waals surface area contributed by atoms with Crippen molar-refractivity contribution in [1.29, 1.82) is 0 Å². The summed E-state index contributed by atoms with van der Waals surface area (Å²) in [6, 6.07) is 11.6. The number of aromatic amines is 1. The molecule has 2 aliphatic heterocycles. The van der Waals surface area contributed by atoms with Gasteiger partial charge in [-0.25, -0.2) is 4.39 Å². The number of carbonyl (C=O) groups is 3. The van der Waals surface area contributed by atoms with Crippen molar-refractivity contribution in [3.8, 4) is 0 Å². The third kappa shape index (κ3) is 5.14. The number of ketones is 1. The number of halogens is 1. The van der Waals surface area contributed by atoms with E-state index in [2.05, 4.69) is 16.8 Å². The molecule has 2 unspecified atom stereocenters. The fourth-order valence-corrected chi connectivity index (χ4v) is 5.15. The number of rotatable bonds is 5. The SMILES string of the molecule is CC1CN(C(=O)c2c[nH]c3ccc(C(=O)C(=O)N4CCOCC4)cc23)C(C)CN1Cc1ccc(F)cc1. The lowest BCUT2D eigenvalue weighted by atomic mass is 10.0. The van der Waals surface area contributed by atoms with Gasteiger partial charge in [0.05, 0.1) is 18.8 Å². The van der Waals surface area contributed by atoms with Crippen LogP contribution >= 0.6 is 0 Å². The van der Waals surface area contributed by atoms with Crippen molar-refractivity contribution in [2.45, 2.75) is 32.5 Å². The second-order valence-electron chi connectivity index (χ2n) is 9.91. The number of hydrogen-bond donors (Lipinski definition) is 1. The number of nitrogens with one attached hydrogen (secondary N) is 1. The van der Waals surface area contributed by atoms with Crippen LogP contribution < -0.4 is 0 Å². The second kappa shape index (κ2) is 10.4. The number of ether oxygens (including phenoxy) is 1. The second-order valence-corrected chi connectivity index (χ2v) is 9.91. The Bertz CT molecular complexity index is 1320. The van der Waals surface area contributed by atoms with E-state index in [1.54, 1.807) is 36.5 Å². The molecule has 0 spiro atoms. The van der Waals surface area contributed by atoms with E-state index in [1.807, 2.05) is 11.8 Å². The van der Waals surface area contributed by atoms with Crippen molar-refractivity contribution < 1.29 is 23.5 Å². The molecule has 3 heterocycles. The molecule has 1 aromatic heterocycles. The molecule has 8 nitrogen and oxygen atoms in total. The van der Waals surface area contributed by atoms with Gasteiger partial charge in [0.1, 0.15) is 5.82 Å². The number of carbonyl (C=O) groups excluding carboxylic acids is 3. The van der Waals surface area contributed by atoms with E-state index in [-0.39, 0.29) is 29.4 Å². The predicted molar refractivity (Wildman–Crippen MR) is 137 cm³/mol. The largest absolute Gasteiger partial charge is 0.378 e. The fourth-order valence-electron chi connectivity index (χ4n) is 5.15. The molecule has 9 heteroatoms. The Morgan fingerprint density at radius 1 is 1.00 bits per heavy atom. The van der Waals surface area contributed by atoms with Crippen LogP contribution in [0.4, 0.5) is 4.39 Å². The molecule has 0 radical (unpaired) electrons. The Kier molecular flexibility index (Phi) is 7.08. The van der Waals surface area contributed by atoms with Gasteiger partial charge in [-0.2, -0.15) is 0 Å². The third-order valence-electron chi connectivity index (χ3n) is 7.34. The Morgan fingerprint density at radius 2 is 1.73 bits per heavy atom. The number of piperazine rings is 1. The lowest BCUT2D eigenvalue weighted by Crippen LogP contribution is -2.57. The molecule has 3 aromatic rings. The molecule has 2 saturated heterocycles. The van der Waals surface area contributed by atoms with Crippen LogP contribution in [0.25, 0.3) is 10.9 Å². The molecule has 194 valence electrons. The summed E-state index contributed by atoms with van der Waals surface area (Å²) in [6.07, 6.45) is 1.67. The number of fused-ring (bicyclic) bond motifs is 1. The van der Waals surface area contributed by atoms with Crippen molar-refractivity contribution in [3.63, 3.8) is 0 Å². The maximum atomic E-state index is 13.7. The zero-order chi connectivity index (χ0) is 26.1. The van der Waals surface area contributed by atoms with Crippen molar-refractivity contribution in [1.82, 2.24) is 19.7 Å². The Hall–Kier alpha value is -3.56. The van der Waals surface area contributed by atoms with E-state index >= 15 is 0 Å². The number of morpholine rings is 1. The Balaban J connectivity index is 1.32. The van der Waals surface area contributed by atoms with Gasteiger partial charge in [0.15, 0.2) is 0 Å². The third-order valence-corrected chi connectivity index (χ3v) is 7.34. The van der Waals surface area contributed by atoms with Crippen molar-refractivity contribution in [2.24, 2.45) is 0 Å². The molecule has 1 N–H and O–H groups in total. The maximum Gasteiger partial charge on any atom is 0.295 e. The van der Waals surface area contributed by atoms with Crippen LogP contribution in [-0.2, 0) is 16.1 Å². The molecule has 2 aliphatic rings. The average Bonchev–Trinajstić information content (AvgIpc) is 3.34. The van der Waals surface area contributed by atoms with E-state index in [9.17, 15) is 18.8 Å². The molecule has 2 amide bonds. The van der Waals surface area contributed by atoms with Gasteiger partial charge in [-0.05, 0) is 49.7 Å². The molecule has 2 aromatic carbocycles. The highest BCUT2D eigenvalue weighted by Gasteiger charge is 2.33. The zero-order valence-corrected chi connectivity index (χ0v) is 21.1. The first-order chi connectivity index (χ1) is 17.8. The summed E-state index contributed by atoms with van der Waals surface area (Å²) in [6.45, 7) is 7.64. The number of aromatic nitrogens is 1. The summed E-state index contributed by atoms with van der Waals surface area (Å²) in [5.41, 5.74) is 2.51. The summed E-state index contributed by atoms with van der Waals surface area (Å²) >= 11 is 0. The predicted octanol–water partition coefficient (Wildman–Crippen LogP) is 3.08. The first kappa shape index (κ1) is 25.1. The lowest BCUT2D eigenvalue weighted by molar-refractivity contribution is -0.130. The molecule has 0 saturated carbocycles. The van der Waals surface area contributed by atoms with Gasteiger partial charge >= 0.3 is 0 Å². The van der Waals surface area contributed by atoms with Gasteiger partial charge in [0, 0.05) is 67.5 Å². The molecule has 0 aliphatic carbocycles. The van der Waals surface area contributed by atoms with E-state index in [4.69, 9.17) is 4.74 Å². The summed E-state index contributed by atoms with van der Waals surface area (Å²) in [5, 5.41) is 0.624. The standard InChI is InChI=1S/C28H31FN4O4/c1-18-16-33(19(2)15-32(18)17-20-3-6-22(29)7-4-20)27(35)24-14-30-25-8-5-21(13-23(24)25)26(34)28(36)31-9-11-37-12-10-31/h3-8,13-14,18-19,30H,9-12,15-17H2,1-2H3. The van der Waals surface area contributed by atoms with Gasteiger partial charge in [-0.1, -0.05) is 12.1 Å². The van der Waals surface area contributed by atoms with E-state index in [0.29, 0.717) is 56.9 Å². The number of amides is 2. The van der Waals surface area contributed by atoms with Gasteiger partial charge in [-0.3, -0.25) is 19.3 Å². The van der Waals surface area contributed by atoms with E-state index in [1.165, 1.54) is 17.0 Å². The van der Waals surface area contributed by atoms with Crippen molar-refractivity contribution >= 4 is 28.5 Å². The molecule has 5 rings (SSSR count). The van der Waals surface area contributed by atoms with E-state index in [0.717, 1.165) is 11.1 Å². The monoisotopic (exact) mass is 506 g/mol. The molecule has 37 heavy (non-hydrogen) atoms. The summed E-state index contributed by atoms with van der Waals surface area (Å²) in [4.78, 5) is 48.1. The molecule has 2 atom stereocenters. The van der Waals surface area contributed by atoms with E-state index < -0.39 is 11.7 Å². The number of Topliss-reactive ketones (excluding diaryl/α,β-unsaturated/α-hetero) is 1. The van der Waals surface area contributed by atoms with Gasteiger partial charge in [-0.15, -0.1) is 0 Å². The molecule has 0 bridgehead atoms. The number of benzene rings is 2. The minimum absolute atomic E-state index is 0.0400. The van der Waals surface area contributed by atoms with Crippen LogP contribution in [0.1, 0.15) is 40.1 Å². The summed E-state index contributed by atoms with van der Waals surface area (Å²) in [5.74, 6) is -1.50. The smallest absolute Gasteiger partial charge is 0.295 e. The Labute approximate surface area is 215 Å². The summed E-state index contributed by atoms with van der Waals surface area (Å²) < 4.78 is 18.6. The van der Waals surface area contributed by atoms with Crippen molar-refractivity contribution in [3.05, 3.63) is 71.2 Å². The van der Waals surface area contributed by atoms with Crippen LogP contribution in [0.5, 0.6) is 0 Å². The highest BCUT2D eigenvalue weighted by molar-refractivity contribution is 6.43. The van der Waals surface area contributed by atoms with Crippen LogP contribution in [-0.4, -0.2) is 88.8 Å². The van der Waals surface area contributed by atoms with Gasteiger partial charge in [0.25, 0.3) is 11.8 Å². The number of H-pyrrole nitrogens is 1. The lowest BCUT2D eigenvalue weighted by Gasteiger charge is -2.44. The van der Waals surface area contributed by atoms with Crippen LogP contribution in [0.15, 0.2) is 48.7 Å². The van der Waals surface area contributed by atoms with Gasteiger partial charge in [0.2, 0.25) is 5.78 Å². The van der Waals surface area contributed by atoms with Crippen LogP contribution in [0, 0.1) is 5.82 Å². The molecular weight excluding hydrogens is 475 g/mol. The Morgan fingerprint density at radius 3 is 2.46 bits per heavy atom. The van der Waals surface area contributed by atoms with Crippen LogP contribution in [0.3, 0.4) is 0 Å². The zero-order valence-electron chi connectivity index (χ0n) is 21.1. The quantitative estimate of drug-likeness (QED) is 0.425. The number of nitrogens with zero attached hydrogens (tertiary/aromatic N) is 3. The fraction of sp³-hybridized carbons (Fsp3) is 0.393. The normalized spacial score (nSPS) is 20.8. The first-order valence-electron chi connectivity index (χ1n) is 12.6. The first-order valence-corrected chi connectivity index (χ1v) is 12.6. The maximum absolute atomic E-state index is 13.7. The molecule has 2 fully saturated rings. The average molecular weight is 507 g/mol. The highest BCUT2D eigenvalue weighted by atomic mass is 19.1. The summed E-state index contributed by atoms with van der Waals surface area (Å²) in [7, 11) is 0. The highest BCUT2D eigenvalue weighted by Crippen LogP contribution is 2.26. The minimum Gasteiger partial charge on any atom is -0.378 e. The number of hydrogen-bond acceptors (Lipinski definition) is 5. The van der Waals surface area contributed by atoms with Crippen LogP contribution in [0.2, 0.25) is 0 Å². The van der Waals surface area contributed by atoms with Gasteiger partial charge < -0.3 is 19.5 Å². The van der Waals surface area contributed by atoms with Crippen molar-refractivity contribution in [2.75, 3.05) is 39.4 Å². The topological polar surface area (TPSA) is 86.0 Å².